The first kappa shape index (κ1) is 23.5. The molecule has 7 nitrogen and oxygen atoms in total. The lowest BCUT2D eigenvalue weighted by atomic mass is 10.1. The largest absolute Gasteiger partial charge is 0.338 e. The van der Waals surface area contributed by atoms with Crippen molar-refractivity contribution in [3.8, 4) is 0 Å². The Morgan fingerprint density at radius 3 is 2.58 bits per heavy atom. The smallest absolute Gasteiger partial charge is 0.262 e. The molecule has 33 heavy (non-hydrogen) atoms. The maximum atomic E-state index is 13.3. The molecule has 3 aromatic rings. The lowest BCUT2D eigenvalue weighted by molar-refractivity contribution is -0.129. The van der Waals surface area contributed by atoms with Gasteiger partial charge in [-0.15, -0.1) is 0 Å². The van der Waals surface area contributed by atoms with Gasteiger partial charge in [0.2, 0.25) is 5.91 Å². The molecular weight excluding hydrogens is 458 g/mol. The Balaban J connectivity index is 1.61. The molecule has 1 atom stereocenters. The van der Waals surface area contributed by atoms with Crippen LogP contribution in [0, 0.1) is 6.92 Å². The topological polar surface area (TPSA) is 89.3 Å². The summed E-state index contributed by atoms with van der Waals surface area (Å²) in [7, 11) is -3.08. The van der Waals surface area contributed by atoms with E-state index in [0.29, 0.717) is 35.6 Å². The van der Waals surface area contributed by atoms with Crippen molar-refractivity contribution in [2.24, 2.45) is 0 Å². The molecule has 1 fully saturated rings. The molecule has 1 aliphatic rings. The van der Waals surface area contributed by atoms with E-state index in [9.17, 15) is 18.0 Å². The number of carbonyl (C=O) groups is 1. The number of thioether (sulfide) groups is 1. The van der Waals surface area contributed by atoms with Crippen LogP contribution in [0.1, 0.15) is 24.5 Å². The molecule has 0 spiro atoms. The lowest BCUT2D eigenvalue weighted by Gasteiger charge is -2.26. The predicted octanol–water partition coefficient (Wildman–Crippen LogP) is 2.88. The molecule has 1 aliphatic heterocycles. The number of aryl methyl sites for hydroxylation is 1. The first-order valence-electron chi connectivity index (χ1n) is 10.9. The van der Waals surface area contributed by atoms with Crippen LogP contribution in [0.25, 0.3) is 10.9 Å². The molecule has 0 bridgehead atoms. The first-order chi connectivity index (χ1) is 15.8. The molecule has 0 aliphatic carbocycles. The van der Waals surface area contributed by atoms with Crippen molar-refractivity contribution in [3.05, 3.63) is 70.0 Å². The number of amides is 1. The predicted molar refractivity (Wildman–Crippen MR) is 131 cm³/mol. The van der Waals surface area contributed by atoms with Crippen molar-refractivity contribution in [2.45, 2.75) is 38.0 Å². The summed E-state index contributed by atoms with van der Waals surface area (Å²) in [5.41, 5.74) is 2.55. The third-order valence-corrected chi connectivity index (χ3v) is 8.63. The Kier molecular flexibility index (Phi) is 6.90. The molecule has 4 rings (SSSR count). The van der Waals surface area contributed by atoms with Gasteiger partial charge in [0.1, 0.15) is 0 Å². The average molecular weight is 486 g/mol. The van der Waals surface area contributed by atoms with E-state index in [0.717, 1.165) is 11.1 Å². The highest BCUT2D eigenvalue weighted by Crippen LogP contribution is 2.22. The number of sulfone groups is 1. The molecule has 1 amide bonds. The van der Waals surface area contributed by atoms with E-state index in [1.54, 1.807) is 21.6 Å². The Bertz CT molecular complexity index is 1330. The normalized spacial score (nSPS) is 17.3. The van der Waals surface area contributed by atoms with Gasteiger partial charge in [-0.2, -0.15) is 0 Å². The van der Waals surface area contributed by atoms with Gasteiger partial charge in [-0.1, -0.05) is 53.7 Å². The third kappa shape index (κ3) is 5.30. The van der Waals surface area contributed by atoms with Crippen molar-refractivity contribution in [3.63, 3.8) is 0 Å². The van der Waals surface area contributed by atoms with Crippen molar-refractivity contribution < 1.29 is 13.2 Å². The van der Waals surface area contributed by atoms with Gasteiger partial charge in [-0.25, -0.2) is 13.4 Å². The van der Waals surface area contributed by atoms with Crippen LogP contribution >= 0.6 is 11.8 Å². The molecule has 0 unspecified atom stereocenters. The van der Waals surface area contributed by atoms with Crippen LogP contribution in [-0.4, -0.2) is 58.6 Å². The summed E-state index contributed by atoms with van der Waals surface area (Å²) in [5, 5.41) is 1.01. The highest BCUT2D eigenvalue weighted by Gasteiger charge is 2.33. The van der Waals surface area contributed by atoms with E-state index in [1.165, 1.54) is 11.8 Å². The van der Waals surface area contributed by atoms with Gasteiger partial charge in [0, 0.05) is 12.6 Å². The van der Waals surface area contributed by atoms with Crippen molar-refractivity contribution in [1.82, 2.24) is 14.5 Å². The highest BCUT2D eigenvalue weighted by molar-refractivity contribution is 7.99. The number of rotatable bonds is 7. The van der Waals surface area contributed by atoms with E-state index >= 15 is 0 Å². The van der Waals surface area contributed by atoms with E-state index in [4.69, 9.17) is 0 Å². The molecule has 2 aromatic carbocycles. The number of nitrogens with zero attached hydrogens (tertiary/aromatic N) is 3. The minimum absolute atomic E-state index is 0.0175. The van der Waals surface area contributed by atoms with E-state index in [-0.39, 0.29) is 34.8 Å². The van der Waals surface area contributed by atoms with Gasteiger partial charge in [-0.05, 0) is 38.0 Å². The molecule has 0 saturated carbocycles. The zero-order valence-electron chi connectivity index (χ0n) is 18.7. The Morgan fingerprint density at radius 2 is 1.91 bits per heavy atom. The number of carbonyl (C=O) groups excluding carboxylic acids is 1. The second-order valence-corrected chi connectivity index (χ2v) is 11.5. The van der Waals surface area contributed by atoms with Gasteiger partial charge in [-0.3, -0.25) is 14.2 Å². The van der Waals surface area contributed by atoms with E-state index < -0.39 is 9.84 Å². The fourth-order valence-electron chi connectivity index (χ4n) is 4.14. The molecule has 0 radical (unpaired) electrons. The van der Waals surface area contributed by atoms with Crippen LogP contribution in [0.2, 0.25) is 0 Å². The van der Waals surface area contributed by atoms with Crippen LogP contribution in [-0.2, 0) is 21.2 Å². The van der Waals surface area contributed by atoms with Crippen LogP contribution in [0.5, 0.6) is 0 Å². The maximum absolute atomic E-state index is 13.3. The Labute approximate surface area is 197 Å². The second-order valence-electron chi connectivity index (χ2n) is 8.31. The number of hydrogen-bond donors (Lipinski definition) is 0. The molecular formula is C24H27N3O4S2. The van der Waals surface area contributed by atoms with Crippen molar-refractivity contribution in [1.29, 1.82) is 0 Å². The summed E-state index contributed by atoms with van der Waals surface area (Å²) >= 11 is 1.22. The van der Waals surface area contributed by atoms with Crippen molar-refractivity contribution in [2.75, 3.05) is 23.8 Å². The highest BCUT2D eigenvalue weighted by atomic mass is 32.2. The van der Waals surface area contributed by atoms with Gasteiger partial charge >= 0.3 is 0 Å². The summed E-state index contributed by atoms with van der Waals surface area (Å²) in [6, 6.07) is 14.9. The quantitative estimate of drug-likeness (QED) is 0.378. The molecule has 0 N–H and O–H groups in total. The number of fused-ring (bicyclic) bond motifs is 1. The molecule has 9 heteroatoms. The van der Waals surface area contributed by atoms with E-state index in [2.05, 4.69) is 4.98 Å². The number of hydrogen-bond acceptors (Lipinski definition) is 6. The zero-order valence-corrected chi connectivity index (χ0v) is 20.4. The fraction of sp³-hybridized carbons (Fsp3) is 0.375. The maximum Gasteiger partial charge on any atom is 0.262 e. The standard InChI is InChI=1S/C24H27N3O4S2/c1-3-26(19-12-13-33(30,31)16-19)22(28)15-32-24-25-21-7-5-4-6-20(21)23(29)27(24)14-18-10-8-17(2)9-11-18/h4-11,19H,3,12-16H2,1-2H3/t19-/m0/s1. The first-order valence-corrected chi connectivity index (χ1v) is 13.8. The third-order valence-electron chi connectivity index (χ3n) is 5.92. The Morgan fingerprint density at radius 1 is 1.18 bits per heavy atom. The van der Waals surface area contributed by atoms with Crippen LogP contribution < -0.4 is 5.56 Å². The van der Waals surface area contributed by atoms with Gasteiger partial charge in [0.25, 0.3) is 5.56 Å². The minimum Gasteiger partial charge on any atom is -0.338 e. The summed E-state index contributed by atoms with van der Waals surface area (Å²) < 4.78 is 25.4. The van der Waals surface area contributed by atoms with Gasteiger partial charge in [0.15, 0.2) is 15.0 Å². The van der Waals surface area contributed by atoms with Gasteiger partial charge < -0.3 is 4.90 Å². The molecule has 174 valence electrons. The summed E-state index contributed by atoms with van der Waals surface area (Å²) in [4.78, 5) is 32.6. The number of para-hydroxylation sites is 1. The SMILES string of the molecule is CCN(C(=O)CSc1nc2ccccc2c(=O)n1Cc1ccc(C)cc1)[C@H]1CCS(=O)(=O)C1. The average Bonchev–Trinajstić information content (AvgIpc) is 3.15. The van der Waals surface area contributed by atoms with E-state index in [1.807, 2.05) is 50.2 Å². The summed E-state index contributed by atoms with van der Waals surface area (Å²) in [5.74, 6) is 0.0812. The van der Waals surface area contributed by atoms with Gasteiger partial charge in [0.05, 0.1) is 34.7 Å². The molecule has 1 saturated heterocycles. The van der Waals surface area contributed by atoms with Crippen LogP contribution in [0.15, 0.2) is 58.5 Å². The van der Waals surface area contributed by atoms with Crippen molar-refractivity contribution >= 4 is 38.4 Å². The second kappa shape index (κ2) is 9.69. The van der Waals surface area contributed by atoms with Crippen LogP contribution in [0.4, 0.5) is 0 Å². The zero-order chi connectivity index (χ0) is 23.6. The lowest BCUT2D eigenvalue weighted by Crippen LogP contribution is -2.42. The number of aromatic nitrogens is 2. The monoisotopic (exact) mass is 485 g/mol. The van der Waals surface area contributed by atoms with Crippen LogP contribution in [0.3, 0.4) is 0 Å². The molecule has 2 heterocycles. The fourth-order valence-corrected chi connectivity index (χ4v) is 6.76. The summed E-state index contributed by atoms with van der Waals surface area (Å²) in [6.45, 7) is 4.66. The Hall–Kier alpha value is -2.65. The summed E-state index contributed by atoms with van der Waals surface area (Å²) in [6.07, 6.45) is 0.471. The minimum atomic E-state index is -3.08. The molecule has 1 aromatic heterocycles. The number of benzene rings is 2.